The van der Waals surface area contributed by atoms with E-state index in [1.807, 2.05) is 61.5 Å². The lowest BCUT2D eigenvalue weighted by atomic mass is 9.67. The number of nitrogens with one attached hydrogen (secondary N) is 1. The second kappa shape index (κ2) is 10.8. The van der Waals surface area contributed by atoms with Gasteiger partial charge in [0.05, 0.1) is 25.9 Å². The van der Waals surface area contributed by atoms with E-state index < -0.39 is 29.7 Å². The van der Waals surface area contributed by atoms with Gasteiger partial charge in [0.1, 0.15) is 11.7 Å². The smallest absolute Gasteiger partial charge is 0.336 e. The molecule has 36 heavy (non-hydrogen) atoms. The van der Waals surface area contributed by atoms with Crippen LogP contribution in [-0.4, -0.2) is 38.0 Å². The van der Waals surface area contributed by atoms with Crippen molar-refractivity contribution < 1.29 is 28.6 Å². The molecule has 0 bridgehead atoms. The molecule has 1 aliphatic heterocycles. The third-order valence-corrected chi connectivity index (χ3v) is 6.73. The highest BCUT2D eigenvalue weighted by Crippen LogP contribution is 2.49. The van der Waals surface area contributed by atoms with E-state index in [1.54, 1.807) is 21.0 Å². The van der Waals surface area contributed by atoms with Crippen molar-refractivity contribution >= 4 is 17.7 Å². The highest BCUT2D eigenvalue weighted by atomic mass is 16.5. The molecule has 0 aromatic heterocycles. The lowest BCUT2D eigenvalue weighted by molar-refractivity contribution is -0.152. The average molecular weight is 490 g/mol. The van der Waals surface area contributed by atoms with Crippen LogP contribution in [-0.2, 0) is 23.9 Å². The summed E-state index contributed by atoms with van der Waals surface area (Å²) >= 11 is 0. The van der Waals surface area contributed by atoms with Crippen molar-refractivity contribution in [1.82, 2.24) is 5.32 Å². The molecule has 2 aromatic rings. The van der Waals surface area contributed by atoms with Crippen LogP contribution in [0, 0.1) is 5.92 Å². The first-order valence-corrected chi connectivity index (χ1v) is 12.2. The van der Waals surface area contributed by atoms with Crippen LogP contribution >= 0.6 is 0 Å². The molecule has 2 aliphatic rings. The van der Waals surface area contributed by atoms with Gasteiger partial charge in [-0.25, -0.2) is 4.79 Å². The number of hydrogen-bond donors (Lipinski definition) is 1. The summed E-state index contributed by atoms with van der Waals surface area (Å²) in [4.78, 5) is 40.6. The number of hydrogen-bond acceptors (Lipinski definition) is 7. The molecule has 4 rings (SSSR count). The SMILES string of the molecule is CCOC(=O)C1=C(C)NC2=C(C(=O)[C@H](C(=O)OCC)[C@H](c3ccccc3OC)C2)[C@H]1c1ccccc1. The maximum atomic E-state index is 14.3. The van der Waals surface area contributed by atoms with Crippen molar-refractivity contribution in [3.8, 4) is 5.75 Å². The predicted octanol–water partition coefficient (Wildman–Crippen LogP) is 4.41. The van der Waals surface area contributed by atoms with Gasteiger partial charge in [-0.15, -0.1) is 0 Å². The third-order valence-electron chi connectivity index (χ3n) is 6.73. The fraction of sp³-hybridized carbons (Fsp3) is 0.345. The first kappa shape index (κ1) is 25.2. The second-order valence-corrected chi connectivity index (χ2v) is 8.77. The monoisotopic (exact) mass is 489 g/mol. The molecular weight excluding hydrogens is 458 g/mol. The number of ether oxygens (including phenoxy) is 3. The maximum absolute atomic E-state index is 14.3. The van der Waals surface area contributed by atoms with E-state index >= 15 is 0 Å². The van der Waals surface area contributed by atoms with E-state index in [1.165, 1.54) is 0 Å². The van der Waals surface area contributed by atoms with Crippen LogP contribution in [0.3, 0.4) is 0 Å². The number of esters is 2. The van der Waals surface area contributed by atoms with E-state index in [-0.39, 0.29) is 19.0 Å². The fourth-order valence-electron chi connectivity index (χ4n) is 5.26. The fourth-order valence-corrected chi connectivity index (χ4v) is 5.26. The Labute approximate surface area is 211 Å². The van der Waals surface area contributed by atoms with E-state index in [0.29, 0.717) is 34.7 Å². The quantitative estimate of drug-likeness (QED) is 0.455. The summed E-state index contributed by atoms with van der Waals surface area (Å²) in [5.74, 6) is -3.06. The molecule has 0 radical (unpaired) electrons. The van der Waals surface area contributed by atoms with Gasteiger partial charge in [0, 0.05) is 28.8 Å². The highest BCUT2D eigenvalue weighted by molar-refractivity contribution is 6.13. The van der Waals surface area contributed by atoms with Gasteiger partial charge in [-0.05, 0) is 44.4 Å². The van der Waals surface area contributed by atoms with Crippen LogP contribution in [0.5, 0.6) is 5.75 Å². The van der Waals surface area contributed by atoms with Gasteiger partial charge >= 0.3 is 11.9 Å². The van der Waals surface area contributed by atoms with Crippen LogP contribution in [0.1, 0.15) is 50.2 Å². The largest absolute Gasteiger partial charge is 0.496 e. The maximum Gasteiger partial charge on any atom is 0.336 e. The molecule has 3 atom stereocenters. The number of benzene rings is 2. The number of Topliss-reactive ketones (excluding diaryl/α,β-unsaturated/α-hetero) is 1. The molecule has 1 aliphatic carbocycles. The number of ketones is 1. The van der Waals surface area contributed by atoms with Crippen LogP contribution in [0.4, 0.5) is 0 Å². The number of rotatable bonds is 7. The summed E-state index contributed by atoms with van der Waals surface area (Å²) in [5.41, 5.74) is 3.63. The van der Waals surface area contributed by atoms with Crippen molar-refractivity contribution in [3.05, 3.63) is 88.3 Å². The number of para-hydroxylation sites is 1. The van der Waals surface area contributed by atoms with Crippen LogP contribution in [0.2, 0.25) is 0 Å². The van der Waals surface area contributed by atoms with Crippen molar-refractivity contribution in [2.45, 2.75) is 39.0 Å². The Hall–Kier alpha value is -3.87. The van der Waals surface area contributed by atoms with Crippen LogP contribution in [0.15, 0.2) is 77.1 Å². The van der Waals surface area contributed by atoms with Gasteiger partial charge in [0.15, 0.2) is 5.78 Å². The summed E-state index contributed by atoms with van der Waals surface area (Å²) in [6.45, 7) is 5.63. The van der Waals surface area contributed by atoms with Crippen molar-refractivity contribution in [2.24, 2.45) is 5.92 Å². The Kier molecular flexibility index (Phi) is 7.58. The van der Waals surface area contributed by atoms with E-state index in [0.717, 1.165) is 11.1 Å². The lowest BCUT2D eigenvalue weighted by Crippen LogP contribution is -2.43. The Morgan fingerprint density at radius 1 is 0.972 bits per heavy atom. The molecule has 0 fully saturated rings. The summed E-state index contributed by atoms with van der Waals surface area (Å²) in [6.07, 6.45) is 0.377. The number of carbonyl (C=O) groups excluding carboxylic acids is 3. The molecule has 0 saturated carbocycles. The van der Waals surface area contributed by atoms with Crippen LogP contribution in [0.25, 0.3) is 0 Å². The topological polar surface area (TPSA) is 90.9 Å². The Morgan fingerprint density at radius 2 is 1.64 bits per heavy atom. The molecule has 7 nitrogen and oxygen atoms in total. The zero-order chi connectivity index (χ0) is 25.8. The van der Waals surface area contributed by atoms with Crippen molar-refractivity contribution in [2.75, 3.05) is 20.3 Å². The van der Waals surface area contributed by atoms with Crippen LogP contribution < -0.4 is 10.1 Å². The highest BCUT2D eigenvalue weighted by Gasteiger charge is 2.49. The molecule has 0 spiro atoms. The zero-order valence-electron chi connectivity index (χ0n) is 21.0. The first-order valence-electron chi connectivity index (χ1n) is 12.2. The summed E-state index contributed by atoms with van der Waals surface area (Å²) in [5, 5.41) is 3.31. The summed E-state index contributed by atoms with van der Waals surface area (Å²) < 4.78 is 16.3. The number of carbonyl (C=O) groups is 3. The molecule has 2 aromatic carbocycles. The summed E-state index contributed by atoms with van der Waals surface area (Å²) in [7, 11) is 1.57. The molecule has 0 saturated heterocycles. The molecule has 0 unspecified atom stereocenters. The van der Waals surface area contributed by atoms with E-state index in [4.69, 9.17) is 14.2 Å². The number of dihydropyridines is 1. The van der Waals surface area contributed by atoms with Gasteiger partial charge in [-0.3, -0.25) is 9.59 Å². The Bertz CT molecular complexity index is 1230. The van der Waals surface area contributed by atoms with Crippen molar-refractivity contribution in [3.63, 3.8) is 0 Å². The minimum absolute atomic E-state index is 0.153. The first-order chi connectivity index (χ1) is 17.4. The third kappa shape index (κ3) is 4.53. The number of methoxy groups -OCH3 is 1. The van der Waals surface area contributed by atoms with Gasteiger partial charge in [0.2, 0.25) is 0 Å². The molecule has 7 heteroatoms. The Balaban J connectivity index is 1.91. The molecular formula is C29H31NO6. The van der Waals surface area contributed by atoms with Gasteiger partial charge < -0.3 is 19.5 Å². The molecule has 188 valence electrons. The predicted molar refractivity (Wildman–Crippen MR) is 134 cm³/mol. The van der Waals surface area contributed by atoms with Crippen molar-refractivity contribution in [1.29, 1.82) is 0 Å². The van der Waals surface area contributed by atoms with E-state index in [2.05, 4.69) is 5.32 Å². The average Bonchev–Trinajstić information content (AvgIpc) is 2.88. The number of allylic oxidation sites excluding steroid dienone is 3. The molecule has 1 heterocycles. The normalized spacial score (nSPS) is 21.4. The zero-order valence-corrected chi connectivity index (χ0v) is 21.0. The minimum atomic E-state index is -1.07. The van der Waals surface area contributed by atoms with Gasteiger partial charge in [0.25, 0.3) is 0 Å². The van der Waals surface area contributed by atoms with E-state index in [9.17, 15) is 14.4 Å². The van der Waals surface area contributed by atoms with Gasteiger partial charge in [-0.2, -0.15) is 0 Å². The molecule has 1 N–H and O–H groups in total. The standard InChI is InChI=1S/C29H31NO6/c1-5-35-28(32)23-17(3)30-21-16-20(19-14-10-11-15-22(19)34-4)25(29(33)36-6-2)27(31)26(21)24(23)18-12-8-7-9-13-18/h7-15,20,24-25,30H,5-6,16H2,1-4H3/t20-,24-,25+/m0/s1. The summed E-state index contributed by atoms with van der Waals surface area (Å²) in [6, 6.07) is 16.8. The second-order valence-electron chi connectivity index (χ2n) is 8.77. The lowest BCUT2D eigenvalue weighted by Gasteiger charge is -2.39. The molecule has 0 amide bonds. The minimum Gasteiger partial charge on any atom is -0.496 e. The Morgan fingerprint density at radius 3 is 2.31 bits per heavy atom. The van der Waals surface area contributed by atoms with Gasteiger partial charge in [-0.1, -0.05) is 48.5 Å².